The molecule has 208 valence electrons. The van der Waals surface area contributed by atoms with Gasteiger partial charge in [0.15, 0.2) is 23.1 Å². The van der Waals surface area contributed by atoms with Gasteiger partial charge in [-0.05, 0) is 12.8 Å². The molecule has 38 heavy (non-hydrogen) atoms. The van der Waals surface area contributed by atoms with Gasteiger partial charge >= 0.3 is 18.2 Å². The molecule has 1 aliphatic heterocycles. The molecule has 11 nitrogen and oxygen atoms in total. The zero-order valence-electron chi connectivity index (χ0n) is 22.0. The molecule has 0 radical (unpaired) electrons. The van der Waals surface area contributed by atoms with Crippen molar-refractivity contribution in [1.29, 1.82) is 0 Å². The van der Waals surface area contributed by atoms with E-state index in [2.05, 4.69) is 34.7 Å². The molecule has 1 aliphatic rings. The summed E-state index contributed by atoms with van der Waals surface area (Å²) in [6.07, 6.45) is 11.0. The topological polar surface area (TPSA) is 141 Å². The van der Waals surface area contributed by atoms with Crippen LogP contribution in [0.1, 0.15) is 84.3 Å². The molecule has 0 amide bonds. The molecular formula is C26H36FN5O6. The molecule has 3 heterocycles. The minimum absolute atomic E-state index is 0.0418. The van der Waals surface area contributed by atoms with E-state index < -0.39 is 36.1 Å². The first-order valence-corrected chi connectivity index (χ1v) is 13.1. The fraction of sp³-hybridized carbons (Fsp3) is 0.654. The van der Waals surface area contributed by atoms with Crippen LogP contribution >= 0.6 is 0 Å². The number of hydrogen-bond donors (Lipinski definition) is 1. The number of fused-ring (bicyclic) bond motifs is 1. The molecule has 0 spiro atoms. The maximum absolute atomic E-state index is 13.9. The minimum atomic E-state index is -1.61. The van der Waals surface area contributed by atoms with Crippen LogP contribution in [0, 0.1) is 18.4 Å². The third kappa shape index (κ3) is 7.31. The summed E-state index contributed by atoms with van der Waals surface area (Å²) in [5.74, 6) is 1.94. The predicted octanol–water partition coefficient (Wildman–Crippen LogP) is 4.45. The number of unbranched alkanes of at least 4 members (excludes halogenated alkanes) is 6. The Bertz CT molecular complexity index is 1140. The Balaban J connectivity index is 1.76. The number of terminal acetylenes is 1. The monoisotopic (exact) mass is 533 g/mol. The van der Waals surface area contributed by atoms with Crippen molar-refractivity contribution in [3.8, 4) is 12.3 Å². The lowest BCUT2D eigenvalue weighted by atomic mass is 9.98. The number of nitrogens with two attached hydrogens (primary N) is 1. The molecule has 1 saturated heterocycles. The highest BCUT2D eigenvalue weighted by molar-refractivity contribution is 5.81. The Labute approximate surface area is 221 Å². The quantitative estimate of drug-likeness (QED) is 0.160. The van der Waals surface area contributed by atoms with Crippen molar-refractivity contribution in [3.05, 3.63) is 12.4 Å². The van der Waals surface area contributed by atoms with Crippen molar-refractivity contribution in [3.63, 3.8) is 0 Å². The standard InChI is InChI=1S/C26H36FN5O6/c1-4-7-9-11-13-20(33)36-16-26(6-3)18(37-25(34)35-14-12-10-8-5-2)15-19(38-26)32-17-29-21-22(28)30-24(27)31-23(21)32/h3,17-19H,4-5,7-16H2,1-2H3,(H2,28,30,31)/t18-,19+,26+/m0/s1. The first-order valence-electron chi connectivity index (χ1n) is 13.1. The van der Waals surface area contributed by atoms with E-state index in [1.807, 2.05) is 0 Å². The van der Waals surface area contributed by atoms with Crippen LogP contribution in [0.25, 0.3) is 11.2 Å². The number of carbonyl (C=O) groups excluding carboxylic acids is 2. The number of hydrogen-bond acceptors (Lipinski definition) is 10. The van der Waals surface area contributed by atoms with E-state index in [4.69, 9.17) is 31.1 Å². The highest BCUT2D eigenvalue weighted by atomic mass is 19.1. The van der Waals surface area contributed by atoms with Gasteiger partial charge in [-0.15, -0.1) is 6.42 Å². The van der Waals surface area contributed by atoms with Crippen LogP contribution in [0.15, 0.2) is 6.33 Å². The van der Waals surface area contributed by atoms with E-state index in [0.29, 0.717) is 12.8 Å². The average Bonchev–Trinajstić information content (AvgIpc) is 3.47. The van der Waals surface area contributed by atoms with Crippen LogP contribution in [0.3, 0.4) is 0 Å². The maximum atomic E-state index is 13.9. The first-order chi connectivity index (χ1) is 18.3. The summed E-state index contributed by atoms with van der Waals surface area (Å²) in [7, 11) is 0. The number of halogens is 1. The first kappa shape index (κ1) is 29.1. The fourth-order valence-corrected chi connectivity index (χ4v) is 4.26. The molecule has 0 unspecified atom stereocenters. The Hall–Kier alpha value is -3.46. The summed E-state index contributed by atoms with van der Waals surface area (Å²) in [5, 5.41) is 0. The number of nitrogens with zero attached hydrogens (tertiary/aromatic N) is 4. The number of imidazole rings is 1. The van der Waals surface area contributed by atoms with Crippen LogP contribution in [0.2, 0.25) is 0 Å². The van der Waals surface area contributed by atoms with Gasteiger partial charge in [0.2, 0.25) is 5.60 Å². The summed E-state index contributed by atoms with van der Waals surface area (Å²) in [4.78, 5) is 36.3. The molecule has 0 bridgehead atoms. The molecule has 1 fully saturated rings. The van der Waals surface area contributed by atoms with Crippen LogP contribution in [-0.2, 0) is 23.7 Å². The minimum Gasteiger partial charge on any atom is -0.461 e. The van der Waals surface area contributed by atoms with Gasteiger partial charge in [-0.2, -0.15) is 14.4 Å². The number of aromatic nitrogens is 4. The van der Waals surface area contributed by atoms with E-state index >= 15 is 0 Å². The fourth-order valence-electron chi connectivity index (χ4n) is 4.26. The van der Waals surface area contributed by atoms with Gasteiger partial charge in [-0.25, -0.2) is 9.78 Å². The van der Waals surface area contributed by atoms with E-state index in [9.17, 15) is 14.0 Å². The second-order valence-corrected chi connectivity index (χ2v) is 9.28. The van der Waals surface area contributed by atoms with Gasteiger partial charge in [-0.1, -0.05) is 58.3 Å². The van der Waals surface area contributed by atoms with Gasteiger partial charge in [0.1, 0.15) is 12.8 Å². The number of rotatable bonds is 14. The van der Waals surface area contributed by atoms with Gasteiger partial charge in [0, 0.05) is 12.8 Å². The normalized spacial score (nSPS) is 20.8. The number of nitrogen functional groups attached to an aromatic ring is 1. The molecule has 2 N–H and O–H groups in total. The molecular weight excluding hydrogens is 497 g/mol. The van der Waals surface area contributed by atoms with Crippen molar-refractivity contribution in [2.45, 2.75) is 96.0 Å². The van der Waals surface area contributed by atoms with E-state index in [1.165, 1.54) is 10.9 Å². The summed E-state index contributed by atoms with van der Waals surface area (Å²) >= 11 is 0. The highest BCUT2D eigenvalue weighted by Crippen LogP contribution is 2.40. The molecule has 12 heteroatoms. The Kier molecular flexibility index (Phi) is 10.6. The van der Waals surface area contributed by atoms with Gasteiger partial charge in [0.25, 0.3) is 0 Å². The number of esters is 1. The lowest BCUT2D eigenvalue weighted by molar-refractivity contribution is -0.157. The van der Waals surface area contributed by atoms with Crippen LogP contribution < -0.4 is 5.73 Å². The molecule has 3 atom stereocenters. The average molecular weight is 534 g/mol. The van der Waals surface area contributed by atoms with Crippen molar-refractivity contribution in [2.24, 2.45) is 0 Å². The predicted molar refractivity (Wildman–Crippen MR) is 136 cm³/mol. The Morgan fingerprint density at radius 3 is 2.63 bits per heavy atom. The molecule has 0 aromatic carbocycles. The smallest absolute Gasteiger partial charge is 0.461 e. The van der Waals surface area contributed by atoms with Gasteiger partial charge in [-0.3, -0.25) is 9.36 Å². The van der Waals surface area contributed by atoms with Gasteiger partial charge in [0.05, 0.1) is 12.9 Å². The molecule has 2 aromatic heterocycles. The Morgan fingerprint density at radius 1 is 1.18 bits per heavy atom. The van der Waals surface area contributed by atoms with Gasteiger partial charge < -0.3 is 24.7 Å². The number of ether oxygens (including phenoxy) is 4. The summed E-state index contributed by atoms with van der Waals surface area (Å²) in [6, 6.07) is 0. The Morgan fingerprint density at radius 2 is 1.92 bits per heavy atom. The lowest BCUT2D eigenvalue weighted by Crippen LogP contribution is -2.45. The van der Waals surface area contributed by atoms with Crippen LogP contribution in [-0.4, -0.2) is 56.6 Å². The van der Waals surface area contributed by atoms with Crippen molar-refractivity contribution >= 4 is 29.1 Å². The third-order valence-electron chi connectivity index (χ3n) is 6.40. The lowest BCUT2D eigenvalue weighted by Gasteiger charge is -2.28. The van der Waals surface area contributed by atoms with E-state index in [-0.39, 0.29) is 43.0 Å². The molecule has 3 rings (SSSR count). The van der Waals surface area contributed by atoms with Crippen LogP contribution in [0.4, 0.5) is 15.0 Å². The summed E-state index contributed by atoms with van der Waals surface area (Å²) in [6.45, 7) is 4.02. The highest BCUT2D eigenvalue weighted by Gasteiger charge is 2.52. The van der Waals surface area contributed by atoms with Crippen molar-refractivity contribution in [2.75, 3.05) is 18.9 Å². The second kappa shape index (κ2) is 13.9. The zero-order chi connectivity index (χ0) is 27.5. The van der Waals surface area contributed by atoms with Crippen LogP contribution in [0.5, 0.6) is 0 Å². The SMILES string of the molecule is C#C[C@]1(COC(=O)CCCCCC)O[C@@H](n2cnc3c(N)nc(F)nc32)C[C@@H]1OC(=O)OCCCCCC. The maximum Gasteiger partial charge on any atom is 0.508 e. The molecule has 0 aliphatic carbocycles. The summed E-state index contributed by atoms with van der Waals surface area (Å²) < 4.78 is 37.7. The summed E-state index contributed by atoms with van der Waals surface area (Å²) in [5.41, 5.74) is 4.42. The number of anilines is 1. The molecule has 0 saturated carbocycles. The third-order valence-corrected chi connectivity index (χ3v) is 6.40. The molecule has 2 aromatic rings. The zero-order valence-corrected chi connectivity index (χ0v) is 22.0. The van der Waals surface area contributed by atoms with E-state index in [0.717, 1.165) is 38.5 Å². The largest absolute Gasteiger partial charge is 0.508 e. The number of carbonyl (C=O) groups is 2. The van der Waals surface area contributed by atoms with E-state index in [1.54, 1.807) is 0 Å². The van der Waals surface area contributed by atoms with Crippen molar-refractivity contribution < 1.29 is 32.9 Å². The second-order valence-electron chi connectivity index (χ2n) is 9.28. The van der Waals surface area contributed by atoms with Crippen molar-refractivity contribution in [1.82, 2.24) is 19.5 Å².